The minimum atomic E-state index is -1.17. The number of fused-ring (bicyclic) bond motifs is 3. The fourth-order valence-corrected chi connectivity index (χ4v) is 6.89. The number of amides is 3. The van der Waals surface area contributed by atoms with Crippen molar-refractivity contribution in [2.45, 2.75) is 31.7 Å². The first-order valence-corrected chi connectivity index (χ1v) is 15.1. The third kappa shape index (κ3) is 6.16. The zero-order chi connectivity index (χ0) is 31.5. The highest BCUT2D eigenvalue weighted by Gasteiger charge is 2.59. The van der Waals surface area contributed by atoms with E-state index in [0.29, 0.717) is 29.1 Å². The van der Waals surface area contributed by atoms with Crippen molar-refractivity contribution < 1.29 is 38.6 Å². The molecular formula is C35H34BNO8. The van der Waals surface area contributed by atoms with Gasteiger partial charge in [0.2, 0.25) is 11.8 Å². The summed E-state index contributed by atoms with van der Waals surface area (Å²) in [5.74, 6) is -2.51. The van der Waals surface area contributed by atoms with E-state index in [9.17, 15) is 24.5 Å². The molecule has 3 aromatic rings. The fraction of sp³-hybridized carbons (Fsp3) is 0.286. The van der Waals surface area contributed by atoms with Crippen molar-refractivity contribution in [1.82, 2.24) is 4.90 Å². The lowest BCUT2D eigenvalue weighted by molar-refractivity contribution is -0.137. The van der Waals surface area contributed by atoms with Gasteiger partial charge in [-0.05, 0) is 78.1 Å². The van der Waals surface area contributed by atoms with Crippen LogP contribution >= 0.6 is 0 Å². The number of hydrogen-bond donors (Lipinski definition) is 2. The molecule has 2 saturated heterocycles. The summed E-state index contributed by atoms with van der Waals surface area (Å²) < 4.78 is 17.1. The molecule has 0 saturated carbocycles. The number of allylic oxidation sites excluding steroid dienone is 1. The van der Waals surface area contributed by atoms with Crippen LogP contribution in [-0.4, -0.2) is 59.9 Å². The molecule has 10 heteroatoms. The van der Waals surface area contributed by atoms with Crippen LogP contribution in [0.25, 0.3) is 11.6 Å². The number of aromatic hydroxyl groups is 1. The zero-order valence-electron chi connectivity index (χ0n) is 24.9. The quantitative estimate of drug-likeness (QED) is 0.152. The summed E-state index contributed by atoms with van der Waals surface area (Å²) in [6, 6.07) is 26.2. The van der Waals surface area contributed by atoms with Gasteiger partial charge in [0.05, 0.1) is 25.0 Å². The number of rotatable bonds is 8. The van der Waals surface area contributed by atoms with Crippen molar-refractivity contribution in [3.05, 3.63) is 107 Å². The normalized spacial score (nSPS) is 23.1. The van der Waals surface area contributed by atoms with E-state index in [1.165, 1.54) is 0 Å². The summed E-state index contributed by atoms with van der Waals surface area (Å²) in [4.78, 5) is 40.1. The largest absolute Gasteiger partial charge is 0.507 e. The van der Waals surface area contributed by atoms with E-state index >= 15 is 0 Å². The van der Waals surface area contributed by atoms with Crippen LogP contribution in [0.2, 0.25) is 6.32 Å². The number of benzene rings is 3. The number of hydrogen-bond acceptors (Lipinski definition) is 8. The highest BCUT2D eigenvalue weighted by Crippen LogP contribution is 2.51. The minimum Gasteiger partial charge on any atom is -0.507 e. The van der Waals surface area contributed by atoms with Gasteiger partial charge in [-0.3, -0.25) is 9.59 Å². The van der Waals surface area contributed by atoms with Gasteiger partial charge in [-0.25, -0.2) is 4.79 Å². The zero-order valence-corrected chi connectivity index (χ0v) is 24.9. The minimum absolute atomic E-state index is 0.106. The molecule has 2 heterocycles. The Kier molecular flexibility index (Phi) is 8.86. The first kappa shape index (κ1) is 30.4. The van der Waals surface area contributed by atoms with E-state index in [1.54, 1.807) is 12.1 Å². The van der Waals surface area contributed by atoms with Crippen LogP contribution in [0.1, 0.15) is 30.4 Å². The number of nitrogens with zero attached hydrogens (tertiary/aromatic N) is 1. The second kappa shape index (κ2) is 13.1. The Balaban J connectivity index is 1.36. The number of para-hydroxylation sites is 2. The molecule has 3 amide bonds. The topological polar surface area (TPSA) is 123 Å². The Hall–Kier alpha value is -4.67. The van der Waals surface area contributed by atoms with Crippen LogP contribution in [0, 0.1) is 17.8 Å². The van der Waals surface area contributed by atoms with Crippen LogP contribution in [-0.2, 0) is 19.0 Å². The van der Waals surface area contributed by atoms with Crippen molar-refractivity contribution in [3.8, 4) is 11.5 Å². The predicted molar refractivity (Wildman–Crippen MR) is 168 cm³/mol. The SMILES string of the molecule is COC(=O)N1C(=O)[C@@H]2[C@@H](CC(COc3ccccc3)=C3[C@@H](CC/C(=C/c4ccccc4O)c4ccccc4)OB(O)C[C@@H]32)C1=O. The second-order valence-electron chi connectivity index (χ2n) is 11.5. The number of carbonyl (C=O) groups excluding carboxylic acids is 3. The lowest BCUT2D eigenvalue weighted by Gasteiger charge is -2.43. The van der Waals surface area contributed by atoms with E-state index in [1.807, 2.05) is 78.9 Å². The molecule has 6 rings (SSSR count). The third-order valence-corrected chi connectivity index (χ3v) is 8.91. The molecule has 45 heavy (non-hydrogen) atoms. The molecule has 3 aliphatic rings. The number of ether oxygens (including phenoxy) is 2. The van der Waals surface area contributed by atoms with Crippen molar-refractivity contribution in [3.63, 3.8) is 0 Å². The average molecular weight is 607 g/mol. The molecule has 9 nitrogen and oxygen atoms in total. The van der Waals surface area contributed by atoms with Gasteiger partial charge in [0.15, 0.2) is 0 Å². The number of methoxy groups -OCH3 is 1. The van der Waals surface area contributed by atoms with Crippen LogP contribution in [0.4, 0.5) is 4.79 Å². The molecular weight excluding hydrogens is 573 g/mol. The van der Waals surface area contributed by atoms with Gasteiger partial charge in [0, 0.05) is 5.56 Å². The Morgan fingerprint density at radius 1 is 0.978 bits per heavy atom. The Morgan fingerprint density at radius 2 is 1.67 bits per heavy atom. The second-order valence-corrected chi connectivity index (χ2v) is 11.5. The lowest BCUT2D eigenvalue weighted by Crippen LogP contribution is -2.46. The predicted octanol–water partition coefficient (Wildman–Crippen LogP) is 5.36. The number of carbonyl (C=O) groups is 3. The molecule has 0 radical (unpaired) electrons. The van der Waals surface area contributed by atoms with Crippen LogP contribution in [0.5, 0.6) is 11.5 Å². The van der Waals surface area contributed by atoms with Gasteiger partial charge in [-0.15, -0.1) is 0 Å². The van der Waals surface area contributed by atoms with Crippen molar-refractivity contribution in [1.29, 1.82) is 0 Å². The summed E-state index contributed by atoms with van der Waals surface area (Å²) in [5, 5.41) is 21.4. The van der Waals surface area contributed by atoms with Crippen LogP contribution in [0.15, 0.2) is 96.1 Å². The summed E-state index contributed by atoms with van der Waals surface area (Å²) in [5.41, 5.74) is 4.26. The highest BCUT2D eigenvalue weighted by molar-refractivity contribution is 6.43. The monoisotopic (exact) mass is 607 g/mol. The molecule has 2 N–H and O–H groups in total. The summed E-state index contributed by atoms with van der Waals surface area (Å²) >= 11 is 0. The summed E-state index contributed by atoms with van der Waals surface area (Å²) in [7, 11) is -0.0363. The van der Waals surface area contributed by atoms with Crippen LogP contribution in [0.3, 0.4) is 0 Å². The van der Waals surface area contributed by atoms with Crippen molar-refractivity contribution in [2.75, 3.05) is 13.7 Å². The van der Waals surface area contributed by atoms with Gasteiger partial charge >= 0.3 is 13.2 Å². The number of imide groups is 3. The summed E-state index contributed by atoms with van der Waals surface area (Å²) in [6.45, 7) is 0.161. The molecule has 2 fully saturated rings. The Morgan fingerprint density at radius 3 is 2.38 bits per heavy atom. The number of phenolic OH excluding ortho intramolecular Hbond substituents is 1. The molecule has 0 unspecified atom stereocenters. The van der Waals surface area contributed by atoms with Crippen molar-refractivity contribution >= 4 is 36.7 Å². The molecule has 230 valence electrons. The molecule has 1 aliphatic carbocycles. The van der Waals surface area contributed by atoms with Crippen molar-refractivity contribution in [2.24, 2.45) is 17.8 Å². The molecule has 3 aromatic carbocycles. The highest BCUT2D eigenvalue weighted by atomic mass is 16.5. The Labute approximate surface area is 261 Å². The average Bonchev–Trinajstić information content (AvgIpc) is 3.31. The first-order chi connectivity index (χ1) is 21.9. The van der Waals surface area contributed by atoms with E-state index < -0.39 is 48.9 Å². The van der Waals surface area contributed by atoms with Crippen LogP contribution < -0.4 is 4.74 Å². The van der Waals surface area contributed by atoms with E-state index in [4.69, 9.17) is 14.1 Å². The molecule has 0 spiro atoms. The fourth-order valence-electron chi connectivity index (χ4n) is 6.89. The third-order valence-electron chi connectivity index (χ3n) is 8.91. The standard InChI is InChI=1S/C35H34BNO8/c1-43-35(41)37-33(39)27-19-25(21-44-26-13-6-3-7-14-26)31-28(32(27)34(37)40)20-36(42)45-30(31)17-16-23(22-10-4-2-5-11-22)18-24-12-8-9-15-29(24)38/h2-15,18,27-28,30,32,38,42H,16-17,19-21H2,1H3/b23-18-/t27-,28+,30-,32-/m1/s1. The summed E-state index contributed by atoms with van der Waals surface area (Å²) in [6.07, 6.45) is 1.65. The maximum atomic E-state index is 13.6. The lowest BCUT2D eigenvalue weighted by atomic mass is 9.58. The van der Waals surface area contributed by atoms with Gasteiger partial charge < -0.3 is 24.3 Å². The van der Waals surface area contributed by atoms with Gasteiger partial charge in [0.1, 0.15) is 18.1 Å². The molecule has 4 atom stereocenters. The molecule has 0 bridgehead atoms. The Bertz CT molecular complexity index is 1640. The van der Waals surface area contributed by atoms with Gasteiger partial charge in [-0.1, -0.05) is 66.7 Å². The number of likely N-dealkylation sites (tertiary alicyclic amines) is 1. The smallest absolute Gasteiger partial charge is 0.455 e. The maximum Gasteiger partial charge on any atom is 0.455 e. The van der Waals surface area contributed by atoms with E-state index in [-0.39, 0.29) is 25.1 Å². The molecule has 0 aromatic heterocycles. The molecule has 2 aliphatic heterocycles. The van der Waals surface area contributed by atoms with Gasteiger partial charge in [0.25, 0.3) is 0 Å². The van der Waals surface area contributed by atoms with E-state index in [2.05, 4.69) is 0 Å². The first-order valence-electron chi connectivity index (χ1n) is 15.1. The number of phenols is 1. The van der Waals surface area contributed by atoms with Gasteiger partial charge in [-0.2, -0.15) is 4.90 Å². The van der Waals surface area contributed by atoms with E-state index in [0.717, 1.165) is 29.4 Å². The maximum absolute atomic E-state index is 13.6.